The van der Waals surface area contributed by atoms with Crippen LogP contribution >= 0.6 is 15.9 Å². The Morgan fingerprint density at radius 1 is 1.36 bits per heavy atom. The first-order valence-electron chi connectivity index (χ1n) is 5.86. The third-order valence-electron chi connectivity index (χ3n) is 3.40. The Hall–Kier alpha value is 0.440. The van der Waals surface area contributed by atoms with Crippen molar-refractivity contribution < 1.29 is 4.74 Å². The first-order chi connectivity index (χ1) is 6.72. The zero-order chi connectivity index (χ0) is 10.4. The molecule has 0 aromatic carbocycles. The maximum atomic E-state index is 5.45. The second kappa shape index (κ2) is 6.12. The summed E-state index contributed by atoms with van der Waals surface area (Å²) in [6.45, 7) is 6.60. The monoisotopic (exact) mass is 262 g/mol. The summed E-state index contributed by atoms with van der Waals surface area (Å²) in [6.07, 6.45) is 6.54. The molecular formula is C12H23BrO. The van der Waals surface area contributed by atoms with E-state index in [1.54, 1.807) is 0 Å². The lowest BCUT2D eigenvalue weighted by molar-refractivity contribution is 0.0154. The molecule has 0 N–H and O–H groups in total. The van der Waals surface area contributed by atoms with Gasteiger partial charge in [0.15, 0.2) is 0 Å². The van der Waals surface area contributed by atoms with E-state index in [1.807, 2.05) is 0 Å². The first kappa shape index (κ1) is 12.5. The minimum atomic E-state index is 0.535. The van der Waals surface area contributed by atoms with Crippen molar-refractivity contribution in [1.29, 1.82) is 0 Å². The van der Waals surface area contributed by atoms with Crippen LogP contribution in [0.4, 0.5) is 0 Å². The van der Waals surface area contributed by atoms with Gasteiger partial charge in [-0.25, -0.2) is 0 Å². The van der Waals surface area contributed by atoms with Gasteiger partial charge in [-0.05, 0) is 30.6 Å². The van der Waals surface area contributed by atoms with Crippen molar-refractivity contribution in [2.45, 2.75) is 46.0 Å². The van der Waals surface area contributed by atoms with Crippen LogP contribution in [0, 0.1) is 11.3 Å². The van der Waals surface area contributed by atoms with Crippen LogP contribution in [0.5, 0.6) is 0 Å². The molecule has 1 atom stereocenters. The Labute approximate surface area is 96.7 Å². The summed E-state index contributed by atoms with van der Waals surface area (Å²) in [4.78, 5) is 0. The Morgan fingerprint density at radius 3 is 2.50 bits per heavy atom. The minimum absolute atomic E-state index is 0.535. The zero-order valence-corrected chi connectivity index (χ0v) is 11.1. The van der Waals surface area contributed by atoms with Crippen LogP contribution in [0.3, 0.4) is 0 Å². The van der Waals surface area contributed by atoms with Crippen LogP contribution in [0.1, 0.15) is 46.0 Å². The number of halogens is 1. The smallest absolute Gasteiger partial charge is 0.0471 e. The molecule has 0 spiro atoms. The molecule has 0 aromatic heterocycles. The van der Waals surface area contributed by atoms with Crippen molar-refractivity contribution in [3.8, 4) is 0 Å². The summed E-state index contributed by atoms with van der Waals surface area (Å²) >= 11 is 3.69. The maximum absolute atomic E-state index is 5.45. The molecule has 1 nitrogen and oxygen atoms in total. The van der Waals surface area contributed by atoms with E-state index in [0.717, 1.165) is 24.5 Å². The normalized spacial score (nSPS) is 23.4. The maximum Gasteiger partial charge on any atom is 0.0471 e. The molecule has 84 valence electrons. The number of hydrogen-bond acceptors (Lipinski definition) is 1. The average Bonchev–Trinajstić information content (AvgIpc) is 2.19. The molecule has 2 heteroatoms. The number of alkyl halides is 1. The Morgan fingerprint density at radius 2 is 2.00 bits per heavy atom. The molecule has 1 saturated heterocycles. The fourth-order valence-corrected chi connectivity index (χ4v) is 3.32. The summed E-state index contributed by atoms with van der Waals surface area (Å²) in [7, 11) is 0. The lowest BCUT2D eigenvalue weighted by Gasteiger charge is -2.37. The van der Waals surface area contributed by atoms with E-state index < -0.39 is 0 Å². The van der Waals surface area contributed by atoms with Gasteiger partial charge in [-0.15, -0.1) is 0 Å². The Bertz CT molecular complexity index is 152. The van der Waals surface area contributed by atoms with Crippen LogP contribution in [-0.2, 0) is 4.74 Å². The Kier molecular flexibility index (Phi) is 5.47. The van der Waals surface area contributed by atoms with Crippen LogP contribution in [0.2, 0.25) is 0 Å². The van der Waals surface area contributed by atoms with Crippen molar-refractivity contribution in [1.82, 2.24) is 0 Å². The van der Waals surface area contributed by atoms with E-state index >= 15 is 0 Å². The van der Waals surface area contributed by atoms with E-state index in [-0.39, 0.29) is 0 Å². The zero-order valence-electron chi connectivity index (χ0n) is 9.52. The standard InChI is InChI=1S/C12H23BrO/c1-3-4-11(2)9-12(10-13)5-7-14-8-6-12/h11H,3-10H2,1-2H3. The average molecular weight is 263 g/mol. The molecule has 0 aromatic rings. The topological polar surface area (TPSA) is 9.23 Å². The summed E-state index contributed by atoms with van der Waals surface area (Å²) < 4.78 is 5.45. The first-order valence-corrected chi connectivity index (χ1v) is 6.98. The molecule has 1 fully saturated rings. The molecule has 1 rings (SSSR count). The third kappa shape index (κ3) is 3.54. The molecule has 0 radical (unpaired) electrons. The van der Waals surface area contributed by atoms with Gasteiger partial charge in [0.25, 0.3) is 0 Å². The molecule has 1 aliphatic rings. The highest BCUT2D eigenvalue weighted by atomic mass is 79.9. The molecule has 0 aliphatic carbocycles. The van der Waals surface area contributed by atoms with Gasteiger partial charge in [-0.2, -0.15) is 0 Å². The SMILES string of the molecule is CCCC(C)CC1(CBr)CCOCC1. The largest absolute Gasteiger partial charge is 0.381 e. The summed E-state index contributed by atoms with van der Waals surface area (Å²) in [5, 5.41) is 1.15. The van der Waals surface area contributed by atoms with Crippen LogP contribution in [0.25, 0.3) is 0 Å². The molecule has 1 unspecified atom stereocenters. The molecule has 14 heavy (non-hydrogen) atoms. The van der Waals surface area contributed by atoms with Crippen molar-refractivity contribution in [2.75, 3.05) is 18.5 Å². The van der Waals surface area contributed by atoms with E-state index in [2.05, 4.69) is 29.8 Å². The molecule has 0 bridgehead atoms. The molecule has 0 saturated carbocycles. The van der Waals surface area contributed by atoms with Gasteiger partial charge < -0.3 is 4.74 Å². The van der Waals surface area contributed by atoms with Gasteiger partial charge in [0.2, 0.25) is 0 Å². The number of rotatable bonds is 5. The van der Waals surface area contributed by atoms with Crippen molar-refractivity contribution in [3.05, 3.63) is 0 Å². The lowest BCUT2D eigenvalue weighted by Crippen LogP contribution is -2.32. The lowest BCUT2D eigenvalue weighted by atomic mass is 9.75. The fourth-order valence-electron chi connectivity index (χ4n) is 2.53. The highest BCUT2D eigenvalue weighted by Gasteiger charge is 2.32. The van der Waals surface area contributed by atoms with Gasteiger partial charge in [0, 0.05) is 18.5 Å². The molecular weight excluding hydrogens is 240 g/mol. The van der Waals surface area contributed by atoms with Gasteiger partial charge in [0.05, 0.1) is 0 Å². The summed E-state index contributed by atoms with van der Waals surface area (Å²) in [5.41, 5.74) is 0.535. The van der Waals surface area contributed by atoms with E-state index in [0.29, 0.717) is 5.41 Å². The summed E-state index contributed by atoms with van der Waals surface area (Å²) in [5.74, 6) is 0.871. The number of hydrogen-bond donors (Lipinski definition) is 0. The van der Waals surface area contributed by atoms with Gasteiger partial charge in [0.1, 0.15) is 0 Å². The van der Waals surface area contributed by atoms with Crippen molar-refractivity contribution in [2.24, 2.45) is 11.3 Å². The second-order valence-corrected chi connectivity index (χ2v) is 5.40. The molecule has 1 aliphatic heterocycles. The van der Waals surface area contributed by atoms with Crippen molar-refractivity contribution in [3.63, 3.8) is 0 Å². The molecule has 0 amide bonds. The molecule has 1 heterocycles. The summed E-state index contributed by atoms with van der Waals surface area (Å²) in [6, 6.07) is 0. The van der Waals surface area contributed by atoms with E-state index in [1.165, 1.54) is 32.1 Å². The number of ether oxygens (including phenoxy) is 1. The van der Waals surface area contributed by atoms with Crippen molar-refractivity contribution >= 4 is 15.9 Å². The van der Waals surface area contributed by atoms with Gasteiger partial charge in [-0.1, -0.05) is 42.6 Å². The van der Waals surface area contributed by atoms with Gasteiger partial charge >= 0.3 is 0 Å². The van der Waals surface area contributed by atoms with E-state index in [9.17, 15) is 0 Å². The van der Waals surface area contributed by atoms with Gasteiger partial charge in [-0.3, -0.25) is 0 Å². The quantitative estimate of drug-likeness (QED) is 0.681. The third-order valence-corrected chi connectivity index (χ3v) is 4.59. The van der Waals surface area contributed by atoms with Crippen LogP contribution < -0.4 is 0 Å². The second-order valence-electron chi connectivity index (χ2n) is 4.84. The minimum Gasteiger partial charge on any atom is -0.381 e. The fraction of sp³-hybridized carbons (Fsp3) is 1.00. The van der Waals surface area contributed by atoms with Crippen LogP contribution in [0.15, 0.2) is 0 Å². The van der Waals surface area contributed by atoms with Crippen LogP contribution in [-0.4, -0.2) is 18.5 Å². The highest BCUT2D eigenvalue weighted by molar-refractivity contribution is 9.09. The Balaban J connectivity index is 2.42. The predicted molar refractivity (Wildman–Crippen MR) is 65.0 cm³/mol. The highest BCUT2D eigenvalue weighted by Crippen LogP contribution is 2.39. The van der Waals surface area contributed by atoms with E-state index in [4.69, 9.17) is 4.74 Å². The predicted octanol–water partition coefficient (Wildman–Crippen LogP) is 4.00.